The number of hydrogen-bond donors (Lipinski definition) is 3. The molecule has 0 aromatic rings. The van der Waals surface area contributed by atoms with Crippen molar-refractivity contribution in [2.75, 3.05) is 13.1 Å². The van der Waals surface area contributed by atoms with E-state index in [0.29, 0.717) is 0 Å². The maximum Gasteiger partial charge on any atom is 0.326 e. The second kappa shape index (κ2) is 6.59. The molecular formula is C12H22N2O3. The molecule has 1 rings (SSSR count). The third-order valence-corrected chi connectivity index (χ3v) is 3.49. The largest absolute Gasteiger partial charge is 0.480 e. The molecule has 1 aliphatic rings. The zero-order valence-corrected chi connectivity index (χ0v) is 10.5. The number of nitrogens with one attached hydrogen (secondary N) is 2. The minimum Gasteiger partial charge on any atom is -0.480 e. The molecule has 5 nitrogen and oxygen atoms in total. The normalized spacial score (nSPS) is 20.6. The van der Waals surface area contributed by atoms with Gasteiger partial charge in [-0.3, -0.25) is 4.79 Å². The molecule has 1 saturated heterocycles. The predicted molar refractivity (Wildman–Crippen MR) is 64.6 cm³/mol. The van der Waals surface area contributed by atoms with Gasteiger partial charge < -0.3 is 15.7 Å². The summed E-state index contributed by atoms with van der Waals surface area (Å²) in [6.07, 6.45) is 2.32. The van der Waals surface area contributed by atoms with Crippen LogP contribution in [0.2, 0.25) is 0 Å². The van der Waals surface area contributed by atoms with Gasteiger partial charge in [-0.25, -0.2) is 4.79 Å². The van der Waals surface area contributed by atoms with Crippen molar-refractivity contribution in [3.8, 4) is 0 Å². The summed E-state index contributed by atoms with van der Waals surface area (Å²) in [5, 5.41) is 14.9. The van der Waals surface area contributed by atoms with E-state index in [1.54, 1.807) is 0 Å². The molecule has 0 spiro atoms. The molecule has 0 aromatic carbocycles. The summed E-state index contributed by atoms with van der Waals surface area (Å²) in [5.41, 5.74) is 0. The predicted octanol–water partition coefficient (Wildman–Crippen LogP) is 0.601. The number of piperidine rings is 1. The fourth-order valence-electron chi connectivity index (χ4n) is 2.04. The third-order valence-electron chi connectivity index (χ3n) is 3.49. The second-order valence-electron chi connectivity index (χ2n) is 4.73. The van der Waals surface area contributed by atoms with E-state index in [1.807, 2.05) is 13.8 Å². The highest BCUT2D eigenvalue weighted by molar-refractivity contribution is 5.85. The maximum atomic E-state index is 11.9. The lowest BCUT2D eigenvalue weighted by Gasteiger charge is -2.26. The molecular weight excluding hydrogens is 220 g/mol. The average Bonchev–Trinajstić information content (AvgIpc) is 2.35. The van der Waals surface area contributed by atoms with Gasteiger partial charge in [-0.2, -0.15) is 0 Å². The van der Waals surface area contributed by atoms with Gasteiger partial charge in [0.1, 0.15) is 6.04 Å². The van der Waals surface area contributed by atoms with Gasteiger partial charge in [0.05, 0.1) is 0 Å². The molecule has 1 heterocycles. The Hall–Kier alpha value is -1.10. The molecule has 0 saturated carbocycles. The van der Waals surface area contributed by atoms with Gasteiger partial charge in [-0.15, -0.1) is 0 Å². The lowest BCUT2D eigenvalue weighted by Crippen LogP contribution is -2.48. The first-order chi connectivity index (χ1) is 8.06. The summed E-state index contributed by atoms with van der Waals surface area (Å²) >= 11 is 0. The Labute approximate surface area is 102 Å². The van der Waals surface area contributed by atoms with Crippen LogP contribution in [0.1, 0.15) is 33.1 Å². The maximum absolute atomic E-state index is 11.9. The van der Waals surface area contributed by atoms with E-state index in [0.717, 1.165) is 32.4 Å². The quantitative estimate of drug-likeness (QED) is 0.659. The standard InChI is InChI=1S/C12H22N2O3/c1-3-8(2)10(12(16)17)14-11(15)9-4-6-13-7-5-9/h8-10,13H,3-7H2,1-2H3,(H,14,15)(H,16,17)/t8?,10-/m0/s1. The summed E-state index contributed by atoms with van der Waals surface area (Å²) in [4.78, 5) is 23.0. The smallest absolute Gasteiger partial charge is 0.326 e. The number of amides is 1. The van der Waals surface area contributed by atoms with Crippen LogP contribution in [0.4, 0.5) is 0 Å². The number of rotatable bonds is 5. The molecule has 1 amide bonds. The average molecular weight is 242 g/mol. The summed E-state index contributed by atoms with van der Waals surface area (Å²) in [7, 11) is 0. The van der Waals surface area contributed by atoms with E-state index in [-0.39, 0.29) is 17.7 Å². The minimum atomic E-state index is -0.943. The van der Waals surface area contributed by atoms with E-state index < -0.39 is 12.0 Å². The number of carboxylic acid groups (broad SMARTS) is 1. The second-order valence-corrected chi connectivity index (χ2v) is 4.73. The molecule has 5 heteroatoms. The Bertz CT molecular complexity index is 275. The van der Waals surface area contributed by atoms with Crippen LogP contribution >= 0.6 is 0 Å². The highest BCUT2D eigenvalue weighted by atomic mass is 16.4. The highest BCUT2D eigenvalue weighted by Crippen LogP contribution is 2.14. The first-order valence-electron chi connectivity index (χ1n) is 6.30. The van der Waals surface area contributed by atoms with Crippen molar-refractivity contribution in [2.24, 2.45) is 11.8 Å². The molecule has 1 aliphatic heterocycles. The molecule has 1 unspecified atom stereocenters. The first kappa shape index (κ1) is 14.0. The number of hydrogen-bond acceptors (Lipinski definition) is 3. The van der Waals surface area contributed by atoms with Crippen molar-refractivity contribution < 1.29 is 14.7 Å². The number of carboxylic acids is 1. The van der Waals surface area contributed by atoms with Crippen molar-refractivity contribution in [1.82, 2.24) is 10.6 Å². The van der Waals surface area contributed by atoms with E-state index >= 15 is 0 Å². The lowest BCUT2D eigenvalue weighted by molar-refractivity contribution is -0.144. The van der Waals surface area contributed by atoms with E-state index in [2.05, 4.69) is 10.6 Å². The Balaban J connectivity index is 2.53. The monoisotopic (exact) mass is 242 g/mol. The van der Waals surface area contributed by atoms with Crippen LogP contribution in [0.15, 0.2) is 0 Å². The van der Waals surface area contributed by atoms with Crippen LogP contribution in [-0.2, 0) is 9.59 Å². The van der Waals surface area contributed by atoms with Crippen molar-refractivity contribution >= 4 is 11.9 Å². The zero-order valence-electron chi connectivity index (χ0n) is 10.5. The Morgan fingerprint density at radius 1 is 1.41 bits per heavy atom. The number of carbonyl (C=O) groups is 2. The Morgan fingerprint density at radius 3 is 2.47 bits per heavy atom. The van der Waals surface area contributed by atoms with Crippen molar-refractivity contribution in [1.29, 1.82) is 0 Å². The molecule has 3 N–H and O–H groups in total. The fourth-order valence-corrected chi connectivity index (χ4v) is 2.04. The van der Waals surface area contributed by atoms with E-state index in [4.69, 9.17) is 5.11 Å². The molecule has 1 fully saturated rings. The van der Waals surface area contributed by atoms with Crippen LogP contribution in [0.5, 0.6) is 0 Å². The van der Waals surface area contributed by atoms with Gasteiger partial charge in [0.2, 0.25) is 5.91 Å². The molecule has 0 radical (unpaired) electrons. The molecule has 0 bridgehead atoms. The van der Waals surface area contributed by atoms with Gasteiger partial charge in [0, 0.05) is 5.92 Å². The van der Waals surface area contributed by atoms with Gasteiger partial charge in [-0.05, 0) is 31.8 Å². The first-order valence-corrected chi connectivity index (χ1v) is 6.30. The fraction of sp³-hybridized carbons (Fsp3) is 0.833. The van der Waals surface area contributed by atoms with Crippen LogP contribution in [0, 0.1) is 11.8 Å². The van der Waals surface area contributed by atoms with E-state index in [9.17, 15) is 9.59 Å². The molecule has 0 aromatic heterocycles. The van der Waals surface area contributed by atoms with Crippen LogP contribution < -0.4 is 10.6 Å². The number of aliphatic carboxylic acids is 1. The summed E-state index contributed by atoms with van der Waals surface area (Å²) in [6.45, 7) is 5.44. The Morgan fingerprint density at radius 2 is 2.00 bits per heavy atom. The van der Waals surface area contributed by atoms with Gasteiger partial charge in [0.25, 0.3) is 0 Å². The third kappa shape index (κ3) is 4.00. The summed E-state index contributed by atoms with van der Waals surface area (Å²) in [6, 6.07) is -0.762. The van der Waals surface area contributed by atoms with Gasteiger partial charge >= 0.3 is 5.97 Å². The molecule has 0 aliphatic carbocycles. The molecule has 2 atom stereocenters. The zero-order chi connectivity index (χ0) is 12.8. The lowest BCUT2D eigenvalue weighted by atomic mass is 9.94. The highest BCUT2D eigenvalue weighted by Gasteiger charge is 2.29. The number of carbonyl (C=O) groups excluding carboxylic acids is 1. The molecule has 98 valence electrons. The summed E-state index contributed by atoms with van der Waals surface area (Å²) < 4.78 is 0. The van der Waals surface area contributed by atoms with Gasteiger partial charge in [0.15, 0.2) is 0 Å². The topological polar surface area (TPSA) is 78.4 Å². The van der Waals surface area contributed by atoms with E-state index in [1.165, 1.54) is 0 Å². The van der Waals surface area contributed by atoms with Crippen LogP contribution in [0.25, 0.3) is 0 Å². The molecule has 17 heavy (non-hydrogen) atoms. The van der Waals surface area contributed by atoms with Crippen LogP contribution in [-0.4, -0.2) is 36.1 Å². The van der Waals surface area contributed by atoms with Crippen molar-refractivity contribution in [3.05, 3.63) is 0 Å². The van der Waals surface area contributed by atoms with Gasteiger partial charge in [-0.1, -0.05) is 20.3 Å². The summed E-state index contributed by atoms with van der Waals surface area (Å²) in [5.74, 6) is -1.14. The Kier molecular flexibility index (Phi) is 5.41. The SMILES string of the molecule is CCC(C)[C@H](NC(=O)C1CCNCC1)C(=O)O. The van der Waals surface area contributed by atoms with Crippen molar-refractivity contribution in [3.63, 3.8) is 0 Å². The van der Waals surface area contributed by atoms with Crippen LogP contribution in [0.3, 0.4) is 0 Å². The minimum absolute atomic E-state index is 0.0397. The van der Waals surface area contributed by atoms with Crippen molar-refractivity contribution in [2.45, 2.75) is 39.2 Å².